The van der Waals surface area contributed by atoms with Gasteiger partial charge in [-0.15, -0.1) is 18.3 Å². The third-order valence-electron chi connectivity index (χ3n) is 5.26. The highest BCUT2D eigenvalue weighted by Crippen LogP contribution is 2.31. The van der Waals surface area contributed by atoms with Crippen molar-refractivity contribution in [3.05, 3.63) is 41.7 Å². The van der Waals surface area contributed by atoms with Gasteiger partial charge in [0.25, 0.3) is 5.91 Å². The number of ether oxygens (including phenoxy) is 1. The molecule has 2 fully saturated rings. The van der Waals surface area contributed by atoms with E-state index in [2.05, 4.69) is 6.58 Å². The van der Waals surface area contributed by atoms with Gasteiger partial charge >= 0.3 is 0 Å². The summed E-state index contributed by atoms with van der Waals surface area (Å²) in [5.41, 5.74) is 2.57. The van der Waals surface area contributed by atoms with Gasteiger partial charge in [-0.3, -0.25) is 14.6 Å². The zero-order valence-corrected chi connectivity index (χ0v) is 17.4. The Labute approximate surface area is 171 Å². The number of thioether (sulfide) groups is 1. The Bertz CT molecular complexity index is 711. The lowest BCUT2D eigenvalue weighted by atomic mass is 9.89. The standard InChI is InChI=1S/C21H29N3O3S/c1-3-12-27-13-8-19(25)23-9-6-17(7-10-23)20-18(5-4-16(2)22-20)21(26)24-11-14-28-15-24/h3-5,17H,1,6-15H2,2H3. The van der Waals surface area contributed by atoms with E-state index in [9.17, 15) is 9.59 Å². The molecule has 0 saturated carbocycles. The molecule has 1 aromatic rings. The smallest absolute Gasteiger partial charge is 0.256 e. The summed E-state index contributed by atoms with van der Waals surface area (Å²) in [5.74, 6) is 2.19. The fraction of sp³-hybridized carbons (Fsp3) is 0.571. The molecule has 0 atom stereocenters. The van der Waals surface area contributed by atoms with E-state index in [4.69, 9.17) is 9.72 Å². The first-order chi connectivity index (χ1) is 13.6. The number of amides is 2. The summed E-state index contributed by atoms with van der Waals surface area (Å²) in [5, 5.41) is 0. The Morgan fingerprint density at radius 2 is 2.07 bits per heavy atom. The van der Waals surface area contributed by atoms with E-state index in [1.54, 1.807) is 17.8 Å². The van der Waals surface area contributed by atoms with Crippen LogP contribution in [0.2, 0.25) is 0 Å². The van der Waals surface area contributed by atoms with E-state index in [-0.39, 0.29) is 17.7 Å². The molecule has 2 amide bonds. The molecule has 3 heterocycles. The monoisotopic (exact) mass is 403 g/mol. The highest BCUT2D eigenvalue weighted by atomic mass is 32.2. The number of rotatable bonds is 7. The quantitative estimate of drug-likeness (QED) is 0.517. The zero-order valence-electron chi connectivity index (χ0n) is 16.6. The predicted octanol–water partition coefficient (Wildman–Crippen LogP) is 2.84. The van der Waals surface area contributed by atoms with Crippen molar-refractivity contribution in [2.24, 2.45) is 0 Å². The summed E-state index contributed by atoms with van der Waals surface area (Å²) in [6.45, 7) is 8.67. The maximum atomic E-state index is 13.0. The Morgan fingerprint density at radius 1 is 1.29 bits per heavy atom. The molecule has 1 aromatic heterocycles. The Morgan fingerprint density at radius 3 is 2.75 bits per heavy atom. The molecule has 0 aromatic carbocycles. The minimum Gasteiger partial charge on any atom is -0.377 e. The molecule has 2 aliphatic rings. The van der Waals surface area contributed by atoms with Crippen LogP contribution in [-0.2, 0) is 9.53 Å². The number of carbonyl (C=O) groups is 2. The molecule has 2 aliphatic heterocycles. The summed E-state index contributed by atoms with van der Waals surface area (Å²) in [4.78, 5) is 33.9. The van der Waals surface area contributed by atoms with Crippen LogP contribution in [0.5, 0.6) is 0 Å². The molecule has 6 nitrogen and oxygen atoms in total. The van der Waals surface area contributed by atoms with Gasteiger partial charge < -0.3 is 14.5 Å². The predicted molar refractivity (Wildman–Crippen MR) is 112 cm³/mol. The van der Waals surface area contributed by atoms with E-state index in [1.807, 2.05) is 28.9 Å². The van der Waals surface area contributed by atoms with Crippen LogP contribution in [0.15, 0.2) is 24.8 Å². The van der Waals surface area contributed by atoms with Crippen LogP contribution >= 0.6 is 11.8 Å². The molecule has 7 heteroatoms. The number of aryl methyl sites for hydroxylation is 1. The number of carbonyl (C=O) groups excluding carboxylic acids is 2. The molecule has 0 aliphatic carbocycles. The summed E-state index contributed by atoms with van der Waals surface area (Å²) >= 11 is 1.79. The molecule has 0 radical (unpaired) electrons. The van der Waals surface area contributed by atoms with Crippen LogP contribution in [0.1, 0.15) is 46.9 Å². The molecule has 152 valence electrons. The zero-order chi connectivity index (χ0) is 19.9. The van der Waals surface area contributed by atoms with Crippen molar-refractivity contribution in [1.29, 1.82) is 0 Å². The van der Waals surface area contributed by atoms with Crippen LogP contribution in [0.25, 0.3) is 0 Å². The normalized spacial score (nSPS) is 17.8. The van der Waals surface area contributed by atoms with Crippen LogP contribution in [0, 0.1) is 6.92 Å². The van der Waals surface area contributed by atoms with Crippen LogP contribution < -0.4 is 0 Å². The van der Waals surface area contributed by atoms with Gasteiger partial charge in [0.15, 0.2) is 0 Å². The van der Waals surface area contributed by atoms with Crippen molar-refractivity contribution < 1.29 is 14.3 Å². The highest BCUT2D eigenvalue weighted by molar-refractivity contribution is 7.99. The number of piperidine rings is 1. The van der Waals surface area contributed by atoms with Crippen LogP contribution in [0.3, 0.4) is 0 Å². The second-order valence-electron chi connectivity index (χ2n) is 7.26. The molecular formula is C21H29N3O3S. The summed E-state index contributed by atoms with van der Waals surface area (Å²) in [7, 11) is 0. The summed E-state index contributed by atoms with van der Waals surface area (Å²) < 4.78 is 5.32. The minimum absolute atomic E-state index is 0.0883. The molecule has 28 heavy (non-hydrogen) atoms. The molecule has 2 saturated heterocycles. The van der Waals surface area contributed by atoms with Crippen molar-refractivity contribution >= 4 is 23.6 Å². The molecule has 0 unspecified atom stereocenters. The van der Waals surface area contributed by atoms with Gasteiger partial charge in [0.05, 0.1) is 36.8 Å². The average Bonchev–Trinajstić information content (AvgIpc) is 3.25. The van der Waals surface area contributed by atoms with Crippen molar-refractivity contribution in [2.75, 3.05) is 44.5 Å². The largest absolute Gasteiger partial charge is 0.377 e. The molecule has 0 bridgehead atoms. The second-order valence-corrected chi connectivity index (χ2v) is 8.33. The maximum Gasteiger partial charge on any atom is 0.256 e. The van der Waals surface area contributed by atoms with Crippen LogP contribution in [0.4, 0.5) is 0 Å². The number of hydrogen-bond donors (Lipinski definition) is 0. The molecular weight excluding hydrogens is 374 g/mol. The first-order valence-corrected chi connectivity index (χ1v) is 11.1. The van der Waals surface area contributed by atoms with Gasteiger partial charge in [0.1, 0.15) is 0 Å². The first-order valence-electron chi connectivity index (χ1n) is 9.91. The number of likely N-dealkylation sites (tertiary alicyclic amines) is 1. The third-order valence-corrected chi connectivity index (χ3v) is 6.23. The van der Waals surface area contributed by atoms with E-state index >= 15 is 0 Å². The SMILES string of the molecule is C=CCOCCC(=O)N1CCC(c2nc(C)ccc2C(=O)N2CCSC2)CC1. The van der Waals surface area contributed by atoms with Gasteiger partial charge in [0, 0.05) is 37.0 Å². The van der Waals surface area contributed by atoms with Gasteiger partial charge in [-0.05, 0) is 31.9 Å². The number of pyridine rings is 1. The van der Waals surface area contributed by atoms with Gasteiger partial charge in [-0.1, -0.05) is 6.08 Å². The lowest BCUT2D eigenvalue weighted by molar-refractivity contribution is -0.133. The summed E-state index contributed by atoms with van der Waals surface area (Å²) in [6, 6.07) is 3.85. The fourth-order valence-corrected chi connectivity index (χ4v) is 4.65. The number of nitrogens with zero attached hydrogens (tertiary/aromatic N) is 3. The van der Waals surface area contributed by atoms with Crippen molar-refractivity contribution in [2.45, 2.75) is 32.1 Å². The Hall–Kier alpha value is -1.86. The van der Waals surface area contributed by atoms with E-state index in [0.29, 0.717) is 32.7 Å². The van der Waals surface area contributed by atoms with Gasteiger partial charge in [-0.25, -0.2) is 0 Å². The lowest BCUT2D eigenvalue weighted by Crippen LogP contribution is -2.39. The molecule has 0 N–H and O–H groups in total. The van der Waals surface area contributed by atoms with E-state index < -0.39 is 0 Å². The summed E-state index contributed by atoms with van der Waals surface area (Å²) in [6.07, 6.45) is 3.76. The lowest BCUT2D eigenvalue weighted by Gasteiger charge is -2.33. The number of aromatic nitrogens is 1. The fourth-order valence-electron chi connectivity index (χ4n) is 3.70. The van der Waals surface area contributed by atoms with Crippen LogP contribution in [-0.4, -0.2) is 71.1 Å². The average molecular weight is 404 g/mol. The topological polar surface area (TPSA) is 62.7 Å². The third kappa shape index (κ3) is 5.14. The van der Waals surface area contributed by atoms with Gasteiger partial charge in [-0.2, -0.15) is 0 Å². The van der Waals surface area contributed by atoms with Crippen molar-refractivity contribution in [1.82, 2.24) is 14.8 Å². The minimum atomic E-state index is 0.0883. The number of hydrogen-bond acceptors (Lipinski definition) is 5. The van der Waals surface area contributed by atoms with E-state index in [1.165, 1.54) is 0 Å². The maximum absolute atomic E-state index is 13.0. The van der Waals surface area contributed by atoms with E-state index in [0.717, 1.165) is 48.0 Å². The molecule has 0 spiro atoms. The molecule has 3 rings (SSSR count). The van der Waals surface area contributed by atoms with Crippen molar-refractivity contribution in [3.8, 4) is 0 Å². The second kappa shape index (κ2) is 10.1. The van der Waals surface area contributed by atoms with Crippen molar-refractivity contribution in [3.63, 3.8) is 0 Å². The van der Waals surface area contributed by atoms with Gasteiger partial charge in [0.2, 0.25) is 5.91 Å². The Balaban J connectivity index is 1.62. The first kappa shape index (κ1) is 20.9. The highest BCUT2D eigenvalue weighted by Gasteiger charge is 2.30. The Kier molecular flexibility index (Phi) is 7.50.